The summed E-state index contributed by atoms with van der Waals surface area (Å²) in [5, 5.41) is 0. The highest BCUT2D eigenvalue weighted by Crippen LogP contribution is 2.46. The molecule has 0 radical (unpaired) electrons. The van der Waals surface area contributed by atoms with Crippen molar-refractivity contribution in [2.24, 2.45) is 5.41 Å². The van der Waals surface area contributed by atoms with Crippen molar-refractivity contribution in [3.63, 3.8) is 0 Å². The summed E-state index contributed by atoms with van der Waals surface area (Å²) in [6.45, 7) is 7.88. The van der Waals surface area contributed by atoms with E-state index in [-0.39, 0.29) is 11.2 Å². The van der Waals surface area contributed by atoms with Crippen molar-refractivity contribution in [1.82, 2.24) is 0 Å². The van der Waals surface area contributed by atoms with E-state index >= 15 is 0 Å². The van der Waals surface area contributed by atoms with Gasteiger partial charge in [-0.05, 0) is 55.3 Å². The van der Waals surface area contributed by atoms with E-state index in [1.807, 2.05) is 55.4 Å². The molecule has 0 bridgehead atoms. The van der Waals surface area contributed by atoms with E-state index in [1.54, 1.807) is 6.07 Å². The quantitative estimate of drug-likeness (QED) is 0.102. The van der Waals surface area contributed by atoms with Gasteiger partial charge in [-0.3, -0.25) is 0 Å². The van der Waals surface area contributed by atoms with E-state index in [2.05, 4.69) is 41.3 Å². The van der Waals surface area contributed by atoms with Gasteiger partial charge < -0.3 is 24.0 Å². The van der Waals surface area contributed by atoms with Crippen LogP contribution < -0.4 is 14.5 Å². The Balaban J connectivity index is 1.88. The first kappa shape index (κ1) is 32.9. The molecule has 0 fully saturated rings. The topological polar surface area (TPSA) is 68.3 Å². The van der Waals surface area contributed by atoms with Crippen molar-refractivity contribution in [3.05, 3.63) is 42.5 Å². The lowest BCUT2D eigenvalue weighted by molar-refractivity contribution is 0.0417. The van der Waals surface area contributed by atoms with Crippen LogP contribution in [0.3, 0.4) is 0 Å². The molecule has 2 aromatic carbocycles. The fraction of sp³-hybridized carbons (Fsp3) is 0.613. The molecular formula is C31H47IN2O5S. The fourth-order valence-corrected chi connectivity index (χ4v) is 7.70. The monoisotopic (exact) mass is 686 g/mol. The summed E-state index contributed by atoms with van der Waals surface area (Å²) in [4.78, 5) is 4.68. The zero-order valence-electron chi connectivity index (χ0n) is 24.7. The van der Waals surface area contributed by atoms with Gasteiger partial charge >= 0.3 is 0 Å². The van der Waals surface area contributed by atoms with Gasteiger partial charge in [0.15, 0.2) is 9.84 Å². The molecule has 0 saturated heterocycles. The molecule has 0 amide bonds. The molecule has 7 nitrogen and oxygen atoms in total. The summed E-state index contributed by atoms with van der Waals surface area (Å²) in [6, 6.07) is 13.8. The predicted molar refractivity (Wildman–Crippen MR) is 174 cm³/mol. The van der Waals surface area contributed by atoms with Crippen molar-refractivity contribution in [2.45, 2.75) is 57.3 Å². The van der Waals surface area contributed by atoms with E-state index < -0.39 is 9.84 Å². The van der Waals surface area contributed by atoms with Crippen LogP contribution in [-0.2, 0) is 19.3 Å². The van der Waals surface area contributed by atoms with Gasteiger partial charge in [0.1, 0.15) is 12.4 Å². The number of nitrogens with zero attached hydrogens (tertiary/aromatic N) is 2. The highest BCUT2D eigenvalue weighted by molar-refractivity contribution is 14.1. The first-order valence-corrected chi connectivity index (χ1v) is 17.7. The van der Waals surface area contributed by atoms with Gasteiger partial charge in [-0.2, -0.15) is 0 Å². The molecule has 0 atom stereocenters. The Hall–Kier alpha value is -1.56. The Labute approximate surface area is 255 Å². The number of unbranched alkanes of at least 4 members (excludes halogenated alkanes) is 2. The van der Waals surface area contributed by atoms with Crippen LogP contribution in [0.15, 0.2) is 47.4 Å². The molecule has 224 valence electrons. The summed E-state index contributed by atoms with van der Waals surface area (Å²) in [5.41, 5.74) is 2.40. The molecule has 1 aliphatic rings. The largest absolute Gasteiger partial charge is 0.491 e. The average Bonchev–Trinajstić information content (AvgIpc) is 3.04. The van der Waals surface area contributed by atoms with E-state index in [9.17, 15) is 8.42 Å². The Morgan fingerprint density at radius 3 is 2.12 bits per heavy atom. The molecule has 1 aliphatic heterocycles. The Kier molecular flexibility index (Phi) is 13.3. The number of hydrogen-bond donors (Lipinski definition) is 0. The second-order valence-electron chi connectivity index (χ2n) is 10.9. The number of anilines is 3. The van der Waals surface area contributed by atoms with Gasteiger partial charge in [0.05, 0.1) is 42.8 Å². The zero-order chi connectivity index (χ0) is 29.0. The van der Waals surface area contributed by atoms with E-state index in [1.165, 1.54) is 0 Å². The minimum Gasteiger partial charge on any atom is -0.491 e. The molecular weight excluding hydrogens is 639 g/mol. The first-order valence-electron chi connectivity index (χ1n) is 14.5. The minimum atomic E-state index is -3.47. The molecule has 0 unspecified atom stereocenters. The number of halogens is 1. The van der Waals surface area contributed by atoms with Crippen LogP contribution in [0.1, 0.15) is 52.4 Å². The maximum absolute atomic E-state index is 13.9. The highest BCUT2D eigenvalue weighted by Gasteiger charge is 2.42. The summed E-state index contributed by atoms with van der Waals surface area (Å²) >= 11 is 2.29. The van der Waals surface area contributed by atoms with Gasteiger partial charge in [-0.25, -0.2) is 8.42 Å². The molecule has 0 aromatic heterocycles. The van der Waals surface area contributed by atoms with Crippen molar-refractivity contribution < 1.29 is 22.6 Å². The van der Waals surface area contributed by atoms with Crippen molar-refractivity contribution in [1.29, 1.82) is 0 Å². The molecule has 0 aliphatic carbocycles. The third kappa shape index (κ3) is 9.22. The van der Waals surface area contributed by atoms with Crippen LogP contribution >= 0.6 is 22.6 Å². The zero-order valence-corrected chi connectivity index (χ0v) is 27.6. The lowest BCUT2D eigenvalue weighted by Crippen LogP contribution is -2.38. The van der Waals surface area contributed by atoms with Gasteiger partial charge in [-0.15, -0.1) is 0 Å². The smallest absolute Gasteiger partial charge is 0.181 e. The average molecular weight is 687 g/mol. The van der Waals surface area contributed by atoms with E-state index in [0.717, 1.165) is 72.4 Å². The summed E-state index contributed by atoms with van der Waals surface area (Å²) in [7, 11) is 0.496. The number of rotatable bonds is 17. The Morgan fingerprint density at radius 1 is 0.900 bits per heavy atom. The summed E-state index contributed by atoms with van der Waals surface area (Å²) in [5.74, 6) is 0.955. The van der Waals surface area contributed by atoms with Crippen LogP contribution in [-0.4, -0.2) is 72.3 Å². The Bertz CT molecular complexity index is 1130. The standard InChI is InChI=1S/C31H47IN2O5S/c1-5-7-15-31(16-8-6-2)24-34(29-23-27(33(3)4)11-14-30(29)40(35,36)25-31)26-9-12-28(13-10-26)39-22-21-38-20-19-37-18-17-32/h9-14,23H,5-8,15-22,24-25H2,1-4H3. The van der Waals surface area contributed by atoms with Gasteiger partial charge in [0.2, 0.25) is 0 Å². The third-order valence-electron chi connectivity index (χ3n) is 7.43. The third-order valence-corrected chi connectivity index (χ3v) is 9.88. The van der Waals surface area contributed by atoms with Gasteiger partial charge in [-0.1, -0.05) is 62.1 Å². The van der Waals surface area contributed by atoms with Gasteiger partial charge in [0, 0.05) is 41.9 Å². The fourth-order valence-electron chi connectivity index (χ4n) is 5.28. The SMILES string of the molecule is CCCCC1(CCCC)CN(c2ccc(OCCOCCOCCI)cc2)c2cc(N(C)C)ccc2S(=O)(=O)C1. The predicted octanol–water partition coefficient (Wildman–Crippen LogP) is 6.89. The normalized spacial score (nSPS) is 15.9. The minimum absolute atomic E-state index is 0.190. The molecule has 0 saturated carbocycles. The molecule has 0 N–H and O–H groups in total. The lowest BCUT2D eigenvalue weighted by Gasteiger charge is -2.37. The number of ether oxygens (including phenoxy) is 3. The van der Waals surface area contributed by atoms with Crippen molar-refractivity contribution in [3.8, 4) is 5.75 Å². The van der Waals surface area contributed by atoms with E-state index in [4.69, 9.17) is 14.2 Å². The second-order valence-corrected chi connectivity index (χ2v) is 13.9. The summed E-state index contributed by atoms with van der Waals surface area (Å²) < 4.78 is 45.7. The van der Waals surface area contributed by atoms with Crippen molar-refractivity contribution in [2.75, 3.05) is 73.7 Å². The second kappa shape index (κ2) is 16.2. The molecule has 40 heavy (non-hydrogen) atoms. The maximum atomic E-state index is 13.9. The molecule has 0 spiro atoms. The number of fused-ring (bicyclic) bond motifs is 1. The molecule has 1 heterocycles. The molecule has 2 aromatic rings. The van der Waals surface area contributed by atoms with Crippen LogP contribution in [0.4, 0.5) is 17.1 Å². The van der Waals surface area contributed by atoms with Crippen LogP contribution in [0.2, 0.25) is 0 Å². The number of benzene rings is 2. The Morgan fingerprint density at radius 2 is 1.52 bits per heavy atom. The number of alkyl halides is 1. The van der Waals surface area contributed by atoms with E-state index in [0.29, 0.717) is 37.9 Å². The maximum Gasteiger partial charge on any atom is 0.181 e. The summed E-state index contributed by atoms with van der Waals surface area (Å²) in [6.07, 6.45) is 5.94. The molecule has 3 rings (SSSR count). The molecule has 9 heteroatoms. The van der Waals surface area contributed by atoms with Crippen molar-refractivity contribution >= 4 is 49.5 Å². The number of sulfone groups is 1. The van der Waals surface area contributed by atoms with Crippen LogP contribution in [0.5, 0.6) is 5.75 Å². The highest BCUT2D eigenvalue weighted by atomic mass is 127. The lowest BCUT2D eigenvalue weighted by atomic mass is 9.79. The van der Waals surface area contributed by atoms with Crippen LogP contribution in [0, 0.1) is 5.41 Å². The van der Waals surface area contributed by atoms with Crippen LogP contribution in [0.25, 0.3) is 0 Å². The number of hydrogen-bond acceptors (Lipinski definition) is 7. The first-order chi connectivity index (χ1) is 19.2. The van der Waals surface area contributed by atoms with Gasteiger partial charge in [0.25, 0.3) is 0 Å².